The van der Waals surface area contributed by atoms with Crippen molar-refractivity contribution in [2.45, 2.75) is 38.2 Å². The number of aromatic nitrogens is 2. The molecule has 5 rings (SSSR count). The Labute approximate surface area is 221 Å². The van der Waals surface area contributed by atoms with Crippen LogP contribution in [0.1, 0.15) is 42.2 Å². The largest absolute Gasteiger partial charge is 0.398 e. The highest BCUT2D eigenvalue weighted by molar-refractivity contribution is 6.08. The molecule has 3 aromatic rings. The van der Waals surface area contributed by atoms with Crippen LogP contribution in [-0.2, 0) is 0 Å². The molecule has 2 fully saturated rings. The Morgan fingerprint density at radius 3 is 2.49 bits per heavy atom. The molecule has 1 saturated carbocycles. The van der Waals surface area contributed by atoms with Crippen LogP contribution in [0.2, 0.25) is 0 Å². The normalized spacial score (nSPS) is 18.9. The topological polar surface area (TPSA) is 106 Å². The molecular formula is C27H26F4N6O2. The Kier molecular flexibility index (Phi) is 6.87. The molecule has 1 aliphatic heterocycles. The molecule has 2 aromatic carbocycles. The Hall–Kier alpha value is -4.22. The summed E-state index contributed by atoms with van der Waals surface area (Å²) in [7, 11) is 0. The van der Waals surface area contributed by atoms with Crippen molar-refractivity contribution in [2.75, 3.05) is 29.0 Å². The Morgan fingerprint density at radius 2 is 1.85 bits per heavy atom. The van der Waals surface area contributed by atoms with Crippen LogP contribution in [0.5, 0.6) is 0 Å². The van der Waals surface area contributed by atoms with Gasteiger partial charge in [0.2, 0.25) is 0 Å². The first-order chi connectivity index (χ1) is 18.5. The summed E-state index contributed by atoms with van der Waals surface area (Å²) in [5.74, 6) is -5.11. The molecule has 1 aromatic heterocycles. The molecule has 8 nitrogen and oxygen atoms in total. The fraction of sp³-hybridized carbons (Fsp3) is 0.333. The number of rotatable bonds is 6. The van der Waals surface area contributed by atoms with Crippen molar-refractivity contribution in [1.29, 1.82) is 0 Å². The second-order valence-electron chi connectivity index (χ2n) is 9.99. The van der Waals surface area contributed by atoms with Gasteiger partial charge in [-0.15, -0.1) is 0 Å². The molecule has 39 heavy (non-hydrogen) atoms. The first kappa shape index (κ1) is 26.4. The highest BCUT2D eigenvalue weighted by Crippen LogP contribution is 2.40. The highest BCUT2D eigenvalue weighted by Gasteiger charge is 2.45. The smallest absolute Gasteiger partial charge is 0.276 e. The van der Waals surface area contributed by atoms with Crippen molar-refractivity contribution >= 4 is 29.2 Å². The van der Waals surface area contributed by atoms with Crippen LogP contribution in [0.25, 0.3) is 5.69 Å². The Balaban J connectivity index is 1.50. The summed E-state index contributed by atoms with van der Waals surface area (Å²) in [5, 5.41) is 6.67. The van der Waals surface area contributed by atoms with Gasteiger partial charge in [0, 0.05) is 49.5 Å². The fourth-order valence-corrected chi connectivity index (χ4v) is 4.82. The van der Waals surface area contributed by atoms with Crippen molar-refractivity contribution in [3.63, 3.8) is 0 Å². The number of carbonyl (C=O) groups is 1. The Morgan fingerprint density at radius 1 is 1.13 bits per heavy atom. The summed E-state index contributed by atoms with van der Waals surface area (Å²) >= 11 is 0. The van der Waals surface area contributed by atoms with Gasteiger partial charge in [0.25, 0.3) is 17.4 Å². The number of carbonyl (C=O) groups excluding carboxylic acids is 1. The third kappa shape index (κ3) is 5.36. The summed E-state index contributed by atoms with van der Waals surface area (Å²) in [6, 6.07) is 7.90. The van der Waals surface area contributed by atoms with Gasteiger partial charge < -0.3 is 16.0 Å². The predicted molar refractivity (Wildman–Crippen MR) is 140 cm³/mol. The lowest BCUT2D eigenvalue weighted by Gasteiger charge is -2.32. The number of halogens is 4. The van der Waals surface area contributed by atoms with Crippen LogP contribution < -0.4 is 21.5 Å². The van der Waals surface area contributed by atoms with Gasteiger partial charge in [-0.05, 0) is 42.7 Å². The molecule has 1 unspecified atom stereocenters. The molecular weight excluding hydrogens is 516 g/mol. The number of nitrogens with zero attached hydrogens (tertiary/aromatic N) is 4. The molecule has 2 heterocycles. The number of para-hydroxylation sites is 1. The number of nitrogen functional groups attached to an aromatic ring is 1. The average Bonchev–Trinajstić information content (AvgIpc) is 3.29. The lowest BCUT2D eigenvalue weighted by atomic mass is 9.89. The van der Waals surface area contributed by atoms with E-state index in [0.717, 1.165) is 36.8 Å². The quantitative estimate of drug-likeness (QED) is 0.273. The van der Waals surface area contributed by atoms with Crippen LogP contribution in [0.4, 0.5) is 34.6 Å². The first-order valence-corrected chi connectivity index (χ1v) is 12.5. The summed E-state index contributed by atoms with van der Waals surface area (Å²) < 4.78 is 55.8. The highest BCUT2D eigenvalue weighted by atomic mass is 19.3. The number of benzene rings is 2. The number of nitrogens with two attached hydrogens (primary N) is 1. The molecule has 2 aliphatic rings. The van der Waals surface area contributed by atoms with E-state index in [1.807, 2.05) is 4.90 Å². The molecule has 12 heteroatoms. The molecule has 0 spiro atoms. The molecule has 1 amide bonds. The molecule has 1 saturated heterocycles. The number of hydrogen-bond donors (Lipinski definition) is 2. The molecule has 1 aliphatic carbocycles. The zero-order valence-corrected chi connectivity index (χ0v) is 21.0. The van der Waals surface area contributed by atoms with Crippen molar-refractivity contribution in [2.24, 2.45) is 10.9 Å². The minimum Gasteiger partial charge on any atom is -0.398 e. The number of alkyl halides is 2. The van der Waals surface area contributed by atoms with Crippen LogP contribution in [0, 0.1) is 17.6 Å². The maximum Gasteiger partial charge on any atom is 0.276 e. The average molecular weight is 543 g/mol. The first-order valence-electron chi connectivity index (χ1n) is 12.5. The van der Waals surface area contributed by atoms with E-state index in [9.17, 15) is 27.2 Å². The molecule has 204 valence electrons. The van der Waals surface area contributed by atoms with Gasteiger partial charge in [0.05, 0.1) is 17.4 Å². The summed E-state index contributed by atoms with van der Waals surface area (Å²) in [6.45, 7) is 3.43. The fourth-order valence-electron chi connectivity index (χ4n) is 4.82. The van der Waals surface area contributed by atoms with Crippen LogP contribution in [0.15, 0.2) is 52.3 Å². The van der Waals surface area contributed by atoms with Crippen LogP contribution >= 0.6 is 0 Å². The molecule has 0 radical (unpaired) electrons. The van der Waals surface area contributed by atoms with E-state index < -0.39 is 40.8 Å². The third-order valence-corrected chi connectivity index (χ3v) is 6.90. The monoisotopic (exact) mass is 542 g/mol. The van der Waals surface area contributed by atoms with E-state index in [1.165, 1.54) is 6.21 Å². The second kappa shape index (κ2) is 10.2. The summed E-state index contributed by atoms with van der Waals surface area (Å²) in [5.41, 5.74) is 6.27. The van der Waals surface area contributed by atoms with E-state index in [2.05, 4.69) is 22.3 Å². The van der Waals surface area contributed by atoms with Gasteiger partial charge in [-0.1, -0.05) is 13.0 Å². The van der Waals surface area contributed by atoms with E-state index in [-0.39, 0.29) is 18.5 Å². The third-order valence-electron chi connectivity index (χ3n) is 6.90. The van der Waals surface area contributed by atoms with Gasteiger partial charge in [-0.25, -0.2) is 17.6 Å². The summed E-state index contributed by atoms with van der Waals surface area (Å²) in [4.78, 5) is 32.0. The lowest BCUT2D eigenvalue weighted by Crippen LogP contribution is -2.38. The minimum absolute atomic E-state index is 0.262. The maximum absolute atomic E-state index is 14.3. The van der Waals surface area contributed by atoms with Crippen LogP contribution in [0.3, 0.4) is 0 Å². The molecule has 0 bridgehead atoms. The van der Waals surface area contributed by atoms with Crippen LogP contribution in [-0.4, -0.2) is 47.0 Å². The van der Waals surface area contributed by atoms with Gasteiger partial charge in [-0.2, -0.15) is 9.78 Å². The molecule has 3 N–H and O–H groups in total. The number of amides is 1. The van der Waals surface area contributed by atoms with Gasteiger partial charge in [-0.3, -0.25) is 14.6 Å². The van der Waals surface area contributed by atoms with Crippen molar-refractivity contribution in [3.8, 4) is 5.69 Å². The predicted octanol–water partition coefficient (Wildman–Crippen LogP) is 4.41. The van der Waals surface area contributed by atoms with Gasteiger partial charge in [0.15, 0.2) is 11.6 Å². The van der Waals surface area contributed by atoms with Crippen molar-refractivity contribution in [3.05, 3.63) is 75.7 Å². The number of nitrogens with one attached hydrogen (secondary N) is 1. The zero-order valence-electron chi connectivity index (χ0n) is 21.0. The Bertz CT molecular complexity index is 1490. The van der Waals surface area contributed by atoms with E-state index in [4.69, 9.17) is 5.73 Å². The number of hydrogen-bond acceptors (Lipinski definition) is 6. The van der Waals surface area contributed by atoms with E-state index in [1.54, 1.807) is 12.1 Å². The van der Waals surface area contributed by atoms with Crippen molar-refractivity contribution in [1.82, 2.24) is 9.78 Å². The lowest BCUT2D eigenvalue weighted by molar-refractivity contribution is -0.0833. The number of anilines is 3. The second-order valence-corrected chi connectivity index (χ2v) is 9.99. The maximum atomic E-state index is 14.3. The van der Waals surface area contributed by atoms with Gasteiger partial charge in [0.1, 0.15) is 11.4 Å². The zero-order chi connectivity index (χ0) is 27.9. The minimum atomic E-state index is -2.72. The SMILES string of the molecule is CC1CCN(c2c(NC(=O)c3ccc(=O)n(-c4c(F)cccc4F)n3)ccc(N)c2C=NC2CC(F)(F)C2)C1. The number of aliphatic imine (C=N–C) groups is 1. The standard InChI is InChI=1S/C27H26F4N6O2/c1-15-9-10-36(14-15)24-17(13-33-16-11-27(30,31)12-16)20(32)5-6-21(24)34-26(39)22-7-8-23(38)37(35-22)25-18(28)3-2-4-19(25)29/h2-8,13,15-16H,9-12,14,32H2,1H3,(H,34,39). The molecule has 1 atom stereocenters. The summed E-state index contributed by atoms with van der Waals surface area (Å²) in [6.07, 6.45) is 1.71. The van der Waals surface area contributed by atoms with Gasteiger partial charge >= 0.3 is 0 Å². The van der Waals surface area contributed by atoms with E-state index >= 15 is 0 Å². The van der Waals surface area contributed by atoms with E-state index in [0.29, 0.717) is 46.3 Å². The van der Waals surface area contributed by atoms with Crippen molar-refractivity contribution < 1.29 is 22.4 Å².